The van der Waals surface area contributed by atoms with Gasteiger partial charge in [0.05, 0.1) is 18.8 Å². The number of Topliss-reactive ketones (excluding diaryl/α,β-unsaturated/α-hetero) is 1. The number of rotatable bonds is 6. The van der Waals surface area contributed by atoms with Crippen LogP contribution in [0, 0.1) is 0 Å². The highest BCUT2D eigenvalue weighted by Gasteiger charge is 2.38. The van der Waals surface area contributed by atoms with Crippen LogP contribution >= 0.6 is 0 Å². The number of nitrogens with zero attached hydrogens (tertiary/aromatic N) is 3. The van der Waals surface area contributed by atoms with Crippen molar-refractivity contribution in [1.82, 2.24) is 14.5 Å². The molecule has 1 fully saturated rings. The van der Waals surface area contributed by atoms with Crippen molar-refractivity contribution in [1.29, 1.82) is 0 Å². The van der Waals surface area contributed by atoms with Gasteiger partial charge in [0.25, 0.3) is 11.5 Å². The standard InChI is InChI=1S/C31H28F2N4O5/c1-41-19-5-7-21-24(15-19)34-14-11-27(21)42-20-6-8-28(35-17-20)36-29(39)23-16-22-25(3-2-4-26(22)38)37(30(23)40)18-9-12-31(32,33)13-10-18/h5-8,11,14-18H,2-4,9-10,12-13H2,1H3,(H,35,36,39). The highest BCUT2D eigenvalue weighted by molar-refractivity contribution is 6.06. The number of fused-ring (bicyclic) bond motifs is 2. The molecule has 1 saturated carbocycles. The first-order valence-electron chi connectivity index (χ1n) is 13.8. The molecule has 0 saturated heterocycles. The van der Waals surface area contributed by atoms with Gasteiger partial charge in [0, 0.05) is 54.2 Å². The van der Waals surface area contributed by atoms with Crippen LogP contribution in [-0.4, -0.2) is 39.3 Å². The lowest BCUT2D eigenvalue weighted by atomic mass is 9.88. The Bertz CT molecular complexity index is 1740. The first kappa shape index (κ1) is 27.5. The van der Waals surface area contributed by atoms with E-state index in [1.54, 1.807) is 37.6 Å². The number of ether oxygens (including phenoxy) is 2. The van der Waals surface area contributed by atoms with Gasteiger partial charge in [-0.15, -0.1) is 0 Å². The highest BCUT2D eigenvalue weighted by atomic mass is 19.3. The van der Waals surface area contributed by atoms with Crippen LogP contribution in [0.15, 0.2) is 59.7 Å². The average molecular weight is 575 g/mol. The Morgan fingerprint density at radius 3 is 2.55 bits per heavy atom. The molecule has 0 atom stereocenters. The van der Waals surface area contributed by atoms with E-state index in [0.29, 0.717) is 53.3 Å². The average Bonchev–Trinajstić information content (AvgIpc) is 2.98. The Labute approximate surface area is 239 Å². The van der Waals surface area contributed by atoms with E-state index in [-0.39, 0.29) is 42.8 Å². The number of carbonyl (C=O) groups excluding carboxylic acids is 2. The van der Waals surface area contributed by atoms with E-state index in [1.165, 1.54) is 22.9 Å². The molecule has 42 heavy (non-hydrogen) atoms. The molecule has 6 rings (SSSR count). The van der Waals surface area contributed by atoms with Crippen LogP contribution in [-0.2, 0) is 6.42 Å². The van der Waals surface area contributed by atoms with Crippen LogP contribution in [0.1, 0.15) is 71.0 Å². The van der Waals surface area contributed by atoms with Crippen molar-refractivity contribution in [2.45, 2.75) is 56.9 Å². The molecule has 4 aromatic rings. The SMILES string of the molecule is COc1ccc2c(Oc3ccc(NC(=O)c4cc5c(n(C6CCC(F)(F)CC6)c4=O)CCCC5=O)nc3)ccnc2c1. The normalized spacial score (nSPS) is 16.6. The third-order valence-electron chi connectivity index (χ3n) is 7.87. The Morgan fingerprint density at radius 2 is 1.81 bits per heavy atom. The number of pyridine rings is 3. The molecule has 11 heteroatoms. The van der Waals surface area contributed by atoms with Crippen molar-refractivity contribution in [3.63, 3.8) is 0 Å². The van der Waals surface area contributed by atoms with Gasteiger partial charge in [0.2, 0.25) is 5.92 Å². The van der Waals surface area contributed by atoms with Gasteiger partial charge in [-0.3, -0.25) is 19.4 Å². The third-order valence-corrected chi connectivity index (χ3v) is 7.87. The number of amides is 1. The number of aromatic nitrogens is 3. The zero-order valence-electron chi connectivity index (χ0n) is 22.9. The second-order valence-electron chi connectivity index (χ2n) is 10.6. The van der Waals surface area contributed by atoms with Crippen molar-refractivity contribution in [2.75, 3.05) is 12.4 Å². The Kier molecular flexibility index (Phi) is 7.17. The van der Waals surface area contributed by atoms with E-state index in [0.717, 1.165) is 5.39 Å². The van der Waals surface area contributed by atoms with E-state index in [9.17, 15) is 23.2 Å². The van der Waals surface area contributed by atoms with Crippen molar-refractivity contribution < 1.29 is 27.8 Å². The zero-order chi connectivity index (χ0) is 29.4. The summed E-state index contributed by atoms with van der Waals surface area (Å²) in [6.45, 7) is 0. The van der Waals surface area contributed by atoms with Gasteiger partial charge in [-0.25, -0.2) is 13.8 Å². The number of alkyl halides is 2. The summed E-state index contributed by atoms with van der Waals surface area (Å²) in [6, 6.07) is 11.2. The molecule has 1 N–H and O–H groups in total. The molecule has 2 aliphatic rings. The van der Waals surface area contributed by atoms with E-state index < -0.39 is 23.4 Å². The maximum atomic E-state index is 13.9. The molecule has 1 amide bonds. The van der Waals surface area contributed by atoms with Gasteiger partial charge in [0.1, 0.15) is 28.6 Å². The smallest absolute Gasteiger partial charge is 0.263 e. The molecular formula is C31H28F2N4O5. The van der Waals surface area contributed by atoms with E-state index >= 15 is 0 Å². The number of nitrogens with one attached hydrogen (secondary N) is 1. The monoisotopic (exact) mass is 574 g/mol. The Hall–Kier alpha value is -4.67. The molecular weight excluding hydrogens is 546 g/mol. The summed E-state index contributed by atoms with van der Waals surface area (Å²) in [5, 5.41) is 3.40. The fourth-order valence-corrected chi connectivity index (χ4v) is 5.69. The van der Waals surface area contributed by atoms with Crippen molar-refractivity contribution in [3.05, 3.63) is 82.0 Å². The molecule has 216 valence electrons. The van der Waals surface area contributed by atoms with E-state index in [2.05, 4.69) is 15.3 Å². The number of hydrogen-bond acceptors (Lipinski definition) is 7. The summed E-state index contributed by atoms with van der Waals surface area (Å²) in [4.78, 5) is 48.3. The number of ketones is 1. The second-order valence-corrected chi connectivity index (χ2v) is 10.6. The lowest BCUT2D eigenvalue weighted by molar-refractivity contribution is -0.0445. The Balaban J connectivity index is 1.24. The van der Waals surface area contributed by atoms with Gasteiger partial charge >= 0.3 is 0 Å². The van der Waals surface area contributed by atoms with Crippen LogP contribution in [0.3, 0.4) is 0 Å². The third kappa shape index (κ3) is 5.34. The Morgan fingerprint density at radius 1 is 1.02 bits per heavy atom. The maximum absolute atomic E-state index is 13.9. The fourth-order valence-electron chi connectivity index (χ4n) is 5.69. The van der Waals surface area contributed by atoms with Crippen molar-refractivity contribution >= 4 is 28.4 Å². The van der Waals surface area contributed by atoms with Crippen LogP contribution in [0.4, 0.5) is 14.6 Å². The minimum Gasteiger partial charge on any atom is -0.497 e. The molecule has 0 aliphatic heterocycles. The van der Waals surface area contributed by atoms with Gasteiger partial charge in [-0.1, -0.05) is 0 Å². The number of halogens is 2. The largest absolute Gasteiger partial charge is 0.497 e. The van der Waals surface area contributed by atoms with Gasteiger partial charge < -0.3 is 19.4 Å². The molecule has 0 bridgehead atoms. The molecule has 0 unspecified atom stereocenters. The fraction of sp³-hybridized carbons (Fsp3) is 0.323. The topological polar surface area (TPSA) is 112 Å². The molecule has 0 radical (unpaired) electrons. The summed E-state index contributed by atoms with van der Waals surface area (Å²) < 4.78 is 40.4. The summed E-state index contributed by atoms with van der Waals surface area (Å²) >= 11 is 0. The second kappa shape index (κ2) is 11.0. The molecule has 0 spiro atoms. The minimum atomic E-state index is -2.77. The van der Waals surface area contributed by atoms with Gasteiger partial charge in [-0.2, -0.15) is 0 Å². The first-order chi connectivity index (χ1) is 20.2. The van der Waals surface area contributed by atoms with E-state index in [1.807, 2.05) is 6.07 Å². The summed E-state index contributed by atoms with van der Waals surface area (Å²) in [5.41, 5.74) is 0.728. The number of methoxy groups -OCH3 is 1. The molecule has 9 nitrogen and oxygen atoms in total. The van der Waals surface area contributed by atoms with Gasteiger partial charge in [0.15, 0.2) is 5.78 Å². The lowest BCUT2D eigenvalue weighted by Crippen LogP contribution is -2.39. The van der Waals surface area contributed by atoms with Crippen LogP contribution in [0.5, 0.6) is 17.2 Å². The first-order valence-corrected chi connectivity index (χ1v) is 13.8. The lowest BCUT2D eigenvalue weighted by Gasteiger charge is -2.33. The predicted octanol–water partition coefficient (Wildman–Crippen LogP) is 6.11. The summed E-state index contributed by atoms with van der Waals surface area (Å²) in [6.07, 6.45) is 3.92. The minimum absolute atomic E-state index is 0.0991. The number of benzene rings is 1. The van der Waals surface area contributed by atoms with Crippen molar-refractivity contribution in [3.8, 4) is 17.2 Å². The quantitative estimate of drug-likeness (QED) is 0.296. The predicted molar refractivity (Wildman–Crippen MR) is 151 cm³/mol. The van der Waals surface area contributed by atoms with Crippen molar-refractivity contribution in [2.24, 2.45) is 0 Å². The summed E-state index contributed by atoms with van der Waals surface area (Å²) in [7, 11) is 1.58. The highest BCUT2D eigenvalue weighted by Crippen LogP contribution is 2.39. The van der Waals surface area contributed by atoms with E-state index in [4.69, 9.17) is 9.47 Å². The maximum Gasteiger partial charge on any atom is 0.263 e. The number of carbonyl (C=O) groups is 2. The van der Waals surface area contributed by atoms with Crippen LogP contribution in [0.2, 0.25) is 0 Å². The van der Waals surface area contributed by atoms with Crippen LogP contribution < -0.4 is 20.3 Å². The number of anilines is 1. The molecule has 2 aliphatic carbocycles. The molecule has 3 aromatic heterocycles. The van der Waals surface area contributed by atoms with Crippen LogP contribution in [0.25, 0.3) is 10.9 Å². The molecule has 3 heterocycles. The van der Waals surface area contributed by atoms with Gasteiger partial charge in [-0.05, 0) is 62.1 Å². The summed E-state index contributed by atoms with van der Waals surface area (Å²) in [5.74, 6) is -1.86. The number of hydrogen-bond donors (Lipinski definition) is 1. The molecule has 1 aromatic carbocycles. The zero-order valence-corrected chi connectivity index (χ0v) is 22.9.